The quantitative estimate of drug-likeness (QED) is 0.811. The van der Waals surface area contributed by atoms with Crippen molar-refractivity contribution < 1.29 is 0 Å². The number of rotatable bonds is 6. The SMILES string of the molecule is CCNc1cc(NC2CC2CC)nc(C(C)C)n1. The molecular formula is C14H24N4. The predicted octanol–water partition coefficient (Wildman–Crippen LogP) is 3.24. The van der Waals surface area contributed by atoms with Gasteiger partial charge in [-0.15, -0.1) is 0 Å². The van der Waals surface area contributed by atoms with Gasteiger partial charge in [0.25, 0.3) is 0 Å². The molecule has 0 bridgehead atoms. The summed E-state index contributed by atoms with van der Waals surface area (Å²) in [6, 6.07) is 2.62. The van der Waals surface area contributed by atoms with Crippen LogP contribution in [-0.2, 0) is 0 Å². The highest BCUT2D eigenvalue weighted by Gasteiger charge is 2.35. The van der Waals surface area contributed by atoms with Gasteiger partial charge < -0.3 is 10.6 Å². The van der Waals surface area contributed by atoms with Gasteiger partial charge in [-0.25, -0.2) is 9.97 Å². The molecule has 0 aliphatic heterocycles. The summed E-state index contributed by atoms with van der Waals surface area (Å²) in [4.78, 5) is 9.13. The molecule has 2 N–H and O–H groups in total. The molecule has 0 amide bonds. The third-order valence-corrected chi connectivity index (χ3v) is 3.40. The lowest BCUT2D eigenvalue weighted by atomic mass is 10.2. The van der Waals surface area contributed by atoms with Gasteiger partial charge in [0.05, 0.1) is 0 Å². The van der Waals surface area contributed by atoms with Crippen LogP contribution in [0, 0.1) is 5.92 Å². The Labute approximate surface area is 110 Å². The number of hydrogen-bond acceptors (Lipinski definition) is 4. The molecule has 0 aromatic carbocycles. The van der Waals surface area contributed by atoms with Gasteiger partial charge in [-0.1, -0.05) is 27.2 Å². The molecule has 0 saturated heterocycles. The van der Waals surface area contributed by atoms with E-state index in [2.05, 4.69) is 48.3 Å². The van der Waals surface area contributed by atoms with Crippen molar-refractivity contribution in [1.29, 1.82) is 0 Å². The minimum absolute atomic E-state index is 0.352. The first kappa shape index (κ1) is 13.1. The van der Waals surface area contributed by atoms with Crippen molar-refractivity contribution in [2.24, 2.45) is 5.92 Å². The first-order valence-electron chi connectivity index (χ1n) is 7.03. The van der Waals surface area contributed by atoms with Crippen molar-refractivity contribution in [3.63, 3.8) is 0 Å². The average molecular weight is 248 g/mol. The van der Waals surface area contributed by atoms with E-state index in [1.54, 1.807) is 0 Å². The molecule has 1 fully saturated rings. The highest BCUT2D eigenvalue weighted by Crippen LogP contribution is 2.36. The normalized spacial score (nSPS) is 22.1. The lowest BCUT2D eigenvalue weighted by molar-refractivity contribution is 0.760. The Hall–Kier alpha value is -1.32. The lowest BCUT2D eigenvalue weighted by Crippen LogP contribution is -2.11. The summed E-state index contributed by atoms with van der Waals surface area (Å²) in [7, 11) is 0. The van der Waals surface area contributed by atoms with Gasteiger partial charge in [0.15, 0.2) is 0 Å². The van der Waals surface area contributed by atoms with Gasteiger partial charge >= 0.3 is 0 Å². The number of nitrogens with zero attached hydrogens (tertiary/aromatic N) is 2. The fourth-order valence-electron chi connectivity index (χ4n) is 2.14. The molecular weight excluding hydrogens is 224 g/mol. The van der Waals surface area contributed by atoms with Crippen LogP contribution in [0.15, 0.2) is 6.07 Å². The van der Waals surface area contributed by atoms with Crippen molar-refractivity contribution in [2.45, 2.75) is 52.5 Å². The lowest BCUT2D eigenvalue weighted by Gasteiger charge is -2.12. The van der Waals surface area contributed by atoms with Crippen LogP contribution < -0.4 is 10.6 Å². The Morgan fingerprint density at radius 1 is 1.28 bits per heavy atom. The maximum Gasteiger partial charge on any atom is 0.135 e. The van der Waals surface area contributed by atoms with Crippen LogP contribution >= 0.6 is 0 Å². The van der Waals surface area contributed by atoms with E-state index in [0.717, 1.165) is 29.9 Å². The summed E-state index contributed by atoms with van der Waals surface area (Å²) in [5, 5.41) is 6.79. The molecule has 1 aliphatic carbocycles. The summed E-state index contributed by atoms with van der Waals surface area (Å²) >= 11 is 0. The molecule has 1 aromatic heterocycles. The van der Waals surface area contributed by atoms with Crippen LogP contribution in [0.2, 0.25) is 0 Å². The molecule has 100 valence electrons. The molecule has 0 radical (unpaired) electrons. The van der Waals surface area contributed by atoms with Crippen LogP contribution in [-0.4, -0.2) is 22.6 Å². The number of anilines is 2. The van der Waals surface area contributed by atoms with Gasteiger partial charge in [0, 0.05) is 24.6 Å². The zero-order valence-electron chi connectivity index (χ0n) is 11.8. The van der Waals surface area contributed by atoms with Crippen molar-refractivity contribution in [3.8, 4) is 0 Å². The second-order valence-corrected chi connectivity index (χ2v) is 5.34. The maximum atomic E-state index is 4.60. The zero-order valence-corrected chi connectivity index (χ0v) is 11.8. The van der Waals surface area contributed by atoms with Gasteiger partial charge in [-0.2, -0.15) is 0 Å². The molecule has 1 aromatic rings. The topological polar surface area (TPSA) is 49.8 Å². The second kappa shape index (κ2) is 5.55. The predicted molar refractivity (Wildman–Crippen MR) is 76.1 cm³/mol. The van der Waals surface area contributed by atoms with Crippen molar-refractivity contribution in [3.05, 3.63) is 11.9 Å². The zero-order chi connectivity index (χ0) is 13.1. The smallest absolute Gasteiger partial charge is 0.135 e. The van der Waals surface area contributed by atoms with E-state index in [1.807, 2.05) is 6.07 Å². The first-order chi connectivity index (χ1) is 8.63. The molecule has 0 spiro atoms. The monoisotopic (exact) mass is 248 g/mol. The van der Waals surface area contributed by atoms with Crippen molar-refractivity contribution in [2.75, 3.05) is 17.2 Å². The van der Waals surface area contributed by atoms with E-state index in [4.69, 9.17) is 0 Å². The van der Waals surface area contributed by atoms with Crippen molar-refractivity contribution in [1.82, 2.24) is 9.97 Å². The van der Waals surface area contributed by atoms with Crippen LogP contribution in [0.1, 0.15) is 52.3 Å². The van der Waals surface area contributed by atoms with Gasteiger partial charge in [0.2, 0.25) is 0 Å². The van der Waals surface area contributed by atoms with E-state index < -0.39 is 0 Å². The van der Waals surface area contributed by atoms with Gasteiger partial charge in [-0.3, -0.25) is 0 Å². The third kappa shape index (κ3) is 3.12. The van der Waals surface area contributed by atoms with Crippen LogP contribution in [0.4, 0.5) is 11.6 Å². The Kier molecular flexibility index (Phi) is 4.04. The molecule has 1 heterocycles. The van der Waals surface area contributed by atoms with E-state index >= 15 is 0 Å². The number of nitrogens with one attached hydrogen (secondary N) is 2. The maximum absolute atomic E-state index is 4.60. The molecule has 2 unspecified atom stereocenters. The van der Waals surface area contributed by atoms with Crippen LogP contribution in [0.5, 0.6) is 0 Å². The third-order valence-electron chi connectivity index (χ3n) is 3.40. The Balaban J connectivity index is 2.12. The van der Waals surface area contributed by atoms with Gasteiger partial charge in [0.1, 0.15) is 17.5 Å². The van der Waals surface area contributed by atoms with Crippen LogP contribution in [0.25, 0.3) is 0 Å². The minimum Gasteiger partial charge on any atom is -0.370 e. The summed E-state index contributed by atoms with van der Waals surface area (Å²) in [5.74, 6) is 3.97. The fraction of sp³-hybridized carbons (Fsp3) is 0.714. The summed E-state index contributed by atoms with van der Waals surface area (Å²) in [6.07, 6.45) is 2.52. The molecule has 1 saturated carbocycles. The second-order valence-electron chi connectivity index (χ2n) is 5.34. The standard InChI is InChI=1S/C14H24N4/c1-5-10-7-11(10)16-13-8-12(15-6-2)17-14(18-13)9(3)4/h8-11H,5-7H2,1-4H3,(H2,15,16,17,18). The number of aromatic nitrogens is 2. The van der Waals surface area contributed by atoms with Crippen LogP contribution in [0.3, 0.4) is 0 Å². The summed E-state index contributed by atoms with van der Waals surface area (Å²) in [5.41, 5.74) is 0. The molecule has 1 aliphatic rings. The summed E-state index contributed by atoms with van der Waals surface area (Å²) < 4.78 is 0. The minimum atomic E-state index is 0.352. The van der Waals surface area contributed by atoms with Gasteiger partial charge in [-0.05, 0) is 19.3 Å². The van der Waals surface area contributed by atoms with E-state index in [0.29, 0.717) is 12.0 Å². The largest absolute Gasteiger partial charge is 0.370 e. The molecule has 4 heteroatoms. The van der Waals surface area contributed by atoms with E-state index in [-0.39, 0.29) is 0 Å². The fourth-order valence-corrected chi connectivity index (χ4v) is 2.14. The molecule has 4 nitrogen and oxygen atoms in total. The van der Waals surface area contributed by atoms with Crippen molar-refractivity contribution >= 4 is 11.6 Å². The highest BCUT2D eigenvalue weighted by atomic mass is 15.1. The molecule has 18 heavy (non-hydrogen) atoms. The number of hydrogen-bond donors (Lipinski definition) is 2. The first-order valence-corrected chi connectivity index (χ1v) is 7.03. The Bertz CT molecular complexity index is 403. The molecule has 2 rings (SSSR count). The van der Waals surface area contributed by atoms with E-state index in [9.17, 15) is 0 Å². The Morgan fingerprint density at radius 2 is 2.00 bits per heavy atom. The molecule has 2 atom stereocenters. The Morgan fingerprint density at radius 3 is 2.56 bits per heavy atom. The van der Waals surface area contributed by atoms with E-state index in [1.165, 1.54) is 12.8 Å². The summed E-state index contributed by atoms with van der Waals surface area (Å²) in [6.45, 7) is 9.46. The average Bonchev–Trinajstić information content (AvgIpc) is 3.07. The highest BCUT2D eigenvalue weighted by molar-refractivity contribution is 5.49.